The third-order valence-electron chi connectivity index (χ3n) is 5.21. The first-order chi connectivity index (χ1) is 13.5. The summed E-state index contributed by atoms with van der Waals surface area (Å²) in [5.74, 6) is -0.244. The van der Waals surface area contributed by atoms with Crippen LogP contribution >= 0.6 is 0 Å². The van der Waals surface area contributed by atoms with E-state index in [4.69, 9.17) is 5.73 Å². The van der Waals surface area contributed by atoms with E-state index in [1.807, 2.05) is 35.2 Å². The van der Waals surface area contributed by atoms with Crippen LogP contribution in [0, 0.1) is 5.82 Å². The highest BCUT2D eigenvalue weighted by atomic mass is 19.1. The maximum absolute atomic E-state index is 13.0. The Hall–Kier alpha value is -2.28. The Morgan fingerprint density at radius 2 is 1.93 bits per heavy atom. The molecule has 1 saturated heterocycles. The highest BCUT2D eigenvalue weighted by molar-refractivity contribution is 5.77. The van der Waals surface area contributed by atoms with Crippen molar-refractivity contribution >= 4 is 5.91 Å². The molecule has 2 aromatic rings. The van der Waals surface area contributed by atoms with Crippen molar-refractivity contribution in [3.05, 3.63) is 71.5 Å². The van der Waals surface area contributed by atoms with E-state index in [1.165, 1.54) is 12.1 Å². The Kier molecular flexibility index (Phi) is 7.14. The molecule has 2 aromatic carbocycles. The largest absolute Gasteiger partial charge is 0.374 e. The lowest BCUT2D eigenvalue weighted by Crippen LogP contribution is -2.44. The minimum Gasteiger partial charge on any atom is -0.374 e. The number of amides is 1. The molecule has 0 radical (unpaired) electrons. The third kappa shape index (κ3) is 5.61. The molecule has 1 aliphatic heterocycles. The molecule has 0 spiro atoms. The van der Waals surface area contributed by atoms with Crippen molar-refractivity contribution in [3.63, 3.8) is 0 Å². The number of nitrogens with two attached hydrogens (primary N) is 1. The number of benzene rings is 2. The number of aliphatic hydroxyl groups excluding tert-OH is 1. The number of likely N-dealkylation sites (tertiary alicyclic amines) is 1. The molecule has 5 nitrogen and oxygen atoms in total. The maximum atomic E-state index is 13.0. The van der Waals surface area contributed by atoms with Crippen molar-refractivity contribution in [3.8, 4) is 0 Å². The van der Waals surface area contributed by atoms with Gasteiger partial charge in [-0.15, -0.1) is 0 Å². The lowest BCUT2D eigenvalue weighted by Gasteiger charge is -2.27. The second-order valence-electron chi connectivity index (χ2n) is 7.40. The van der Waals surface area contributed by atoms with Crippen molar-refractivity contribution in [2.45, 2.75) is 44.0 Å². The van der Waals surface area contributed by atoms with Gasteiger partial charge in [-0.2, -0.15) is 0 Å². The van der Waals surface area contributed by atoms with Crippen LogP contribution in [-0.2, 0) is 11.2 Å². The number of aliphatic hydroxyl groups is 1. The number of carbonyl (C=O) groups excluding carboxylic acids is 1. The quantitative estimate of drug-likeness (QED) is 0.610. The van der Waals surface area contributed by atoms with Gasteiger partial charge in [-0.25, -0.2) is 4.39 Å². The van der Waals surface area contributed by atoms with Crippen LogP contribution in [0.25, 0.3) is 0 Å². The minimum atomic E-state index is -0.750. The molecule has 1 amide bonds. The first kappa shape index (κ1) is 20.5. The molecule has 1 heterocycles. The van der Waals surface area contributed by atoms with E-state index >= 15 is 0 Å². The van der Waals surface area contributed by atoms with Gasteiger partial charge in [0.2, 0.25) is 5.91 Å². The van der Waals surface area contributed by atoms with E-state index in [-0.39, 0.29) is 30.2 Å². The first-order valence-corrected chi connectivity index (χ1v) is 9.79. The number of rotatable bonds is 8. The molecular weight excluding hydrogens is 357 g/mol. The average Bonchev–Trinajstić information content (AvgIpc) is 3.17. The van der Waals surface area contributed by atoms with Gasteiger partial charge in [0.15, 0.2) is 0 Å². The molecule has 0 saturated carbocycles. The molecule has 0 aliphatic carbocycles. The summed E-state index contributed by atoms with van der Waals surface area (Å²) in [5, 5.41) is 13.4. The van der Waals surface area contributed by atoms with E-state index in [1.54, 1.807) is 12.1 Å². The van der Waals surface area contributed by atoms with Crippen molar-refractivity contribution in [1.82, 2.24) is 10.2 Å². The van der Waals surface area contributed by atoms with Crippen molar-refractivity contribution < 1.29 is 14.3 Å². The fourth-order valence-corrected chi connectivity index (χ4v) is 3.71. The molecule has 1 unspecified atom stereocenters. The van der Waals surface area contributed by atoms with Gasteiger partial charge in [0.1, 0.15) is 12.0 Å². The van der Waals surface area contributed by atoms with Crippen molar-refractivity contribution in [1.29, 1.82) is 0 Å². The molecule has 28 heavy (non-hydrogen) atoms. The molecule has 1 aliphatic rings. The Balaban J connectivity index is 1.49. The summed E-state index contributed by atoms with van der Waals surface area (Å²) in [7, 11) is 0. The van der Waals surface area contributed by atoms with Gasteiger partial charge in [0.25, 0.3) is 0 Å². The van der Waals surface area contributed by atoms with Crippen LogP contribution in [0.15, 0.2) is 54.6 Å². The van der Waals surface area contributed by atoms with Crippen LogP contribution in [0.5, 0.6) is 0 Å². The van der Waals surface area contributed by atoms with Crippen LogP contribution in [0.4, 0.5) is 4.39 Å². The van der Waals surface area contributed by atoms with Crippen LogP contribution in [0.2, 0.25) is 0 Å². The zero-order chi connectivity index (χ0) is 19.9. The standard InChI is InChI=1S/C22H28FN3O2/c23-18-10-8-16(9-11-18)13-19(24)14-21(27)26-12-4-7-20(26)15-25-22(28)17-5-2-1-3-6-17/h1-3,5-6,8-11,19-20,22,25,28H,4,7,12-15,24H2/t19-,20+,22?/m1/s1. The molecular formula is C22H28FN3O2. The number of hydrogen-bond acceptors (Lipinski definition) is 4. The van der Waals surface area contributed by atoms with Gasteiger partial charge in [0.05, 0.1) is 0 Å². The summed E-state index contributed by atoms with van der Waals surface area (Å²) in [6.07, 6.45) is 1.91. The summed E-state index contributed by atoms with van der Waals surface area (Å²) in [5.41, 5.74) is 7.89. The lowest BCUT2D eigenvalue weighted by atomic mass is 10.0. The van der Waals surface area contributed by atoms with Crippen LogP contribution in [0.1, 0.15) is 36.6 Å². The van der Waals surface area contributed by atoms with E-state index < -0.39 is 6.23 Å². The predicted octanol–water partition coefficient (Wildman–Crippen LogP) is 2.36. The second kappa shape index (κ2) is 9.78. The number of nitrogens with one attached hydrogen (secondary N) is 1. The maximum Gasteiger partial charge on any atom is 0.224 e. The predicted molar refractivity (Wildman–Crippen MR) is 107 cm³/mol. The number of carbonyl (C=O) groups is 1. The minimum absolute atomic E-state index is 0.0353. The summed E-state index contributed by atoms with van der Waals surface area (Å²) >= 11 is 0. The molecule has 0 bridgehead atoms. The second-order valence-corrected chi connectivity index (χ2v) is 7.40. The number of hydrogen-bond donors (Lipinski definition) is 3. The first-order valence-electron chi connectivity index (χ1n) is 9.79. The Labute approximate surface area is 165 Å². The van der Waals surface area contributed by atoms with E-state index in [0.717, 1.165) is 30.5 Å². The fraction of sp³-hybridized carbons (Fsp3) is 0.409. The molecule has 3 rings (SSSR count). The highest BCUT2D eigenvalue weighted by Crippen LogP contribution is 2.20. The van der Waals surface area contributed by atoms with E-state index in [2.05, 4.69) is 5.32 Å². The molecule has 4 N–H and O–H groups in total. The molecule has 1 fully saturated rings. The molecule has 150 valence electrons. The monoisotopic (exact) mass is 385 g/mol. The normalized spacial score (nSPS) is 18.8. The highest BCUT2D eigenvalue weighted by Gasteiger charge is 2.29. The molecule has 6 heteroatoms. The number of halogens is 1. The van der Waals surface area contributed by atoms with Crippen LogP contribution < -0.4 is 11.1 Å². The van der Waals surface area contributed by atoms with Gasteiger partial charge in [-0.1, -0.05) is 42.5 Å². The summed E-state index contributed by atoms with van der Waals surface area (Å²) in [6, 6.07) is 15.4. The molecule has 0 aromatic heterocycles. The topological polar surface area (TPSA) is 78.6 Å². The average molecular weight is 385 g/mol. The van der Waals surface area contributed by atoms with Crippen molar-refractivity contribution in [2.24, 2.45) is 5.73 Å². The van der Waals surface area contributed by atoms with Crippen LogP contribution in [0.3, 0.4) is 0 Å². The van der Waals surface area contributed by atoms with Gasteiger partial charge in [0, 0.05) is 31.6 Å². The lowest BCUT2D eigenvalue weighted by molar-refractivity contribution is -0.132. The molecule has 3 atom stereocenters. The smallest absolute Gasteiger partial charge is 0.224 e. The zero-order valence-electron chi connectivity index (χ0n) is 15.9. The van der Waals surface area contributed by atoms with Gasteiger partial charge < -0.3 is 15.7 Å². The Morgan fingerprint density at radius 3 is 2.64 bits per heavy atom. The van der Waals surface area contributed by atoms with Crippen molar-refractivity contribution in [2.75, 3.05) is 13.1 Å². The third-order valence-corrected chi connectivity index (χ3v) is 5.21. The Bertz CT molecular complexity index is 754. The summed E-state index contributed by atoms with van der Waals surface area (Å²) in [4.78, 5) is 14.6. The summed E-state index contributed by atoms with van der Waals surface area (Å²) < 4.78 is 13.0. The number of nitrogens with zero attached hydrogens (tertiary/aromatic N) is 1. The van der Waals surface area contributed by atoms with Gasteiger partial charge >= 0.3 is 0 Å². The van der Waals surface area contributed by atoms with E-state index in [9.17, 15) is 14.3 Å². The van der Waals surface area contributed by atoms with Crippen LogP contribution in [-0.4, -0.2) is 41.1 Å². The Morgan fingerprint density at radius 1 is 1.21 bits per heavy atom. The summed E-state index contributed by atoms with van der Waals surface area (Å²) in [6.45, 7) is 1.25. The van der Waals surface area contributed by atoms with Gasteiger partial charge in [-0.05, 0) is 42.5 Å². The fourth-order valence-electron chi connectivity index (χ4n) is 3.71. The van der Waals surface area contributed by atoms with Gasteiger partial charge in [-0.3, -0.25) is 10.1 Å². The zero-order valence-corrected chi connectivity index (χ0v) is 15.9. The van der Waals surface area contributed by atoms with E-state index in [0.29, 0.717) is 13.0 Å². The SMILES string of the molecule is N[C@@H](CC(=O)N1CCC[C@H]1CNC(O)c1ccccc1)Cc1ccc(F)cc1.